The number of anilines is 1. The van der Waals surface area contributed by atoms with Gasteiger partial charge in [0.05, 0.1) is 24.4 Å². The van der Waals surface area contributed by atoms with Gasteiger partial charge in [0.25, 0.3) is 5.91 Å². The number of hydrogen-bond donors (Lipinski definition) is 1. The molecule has 0 spiro atoms. The zero-order valence-electron chi connectivity index (χ0n) is 19.6. The fourth-order valence-corrected chi connectivity index (χ4v) is 5.76. The van der Waals surface area contributed by atoms with Crippen LogP contribution in [0.2, 0.25) is 5.15 Å². The Hall–Kier alpha value is -2.82. The first-order valence-corrected chi connectivity index (χ1v) is 13.7. The highest BCUT2D eigenvalue weighted by molar-refractivity contribution is 7.81. The van der Waals surface area contributed by atoms with Crippen LogP contribution >= 0.6 is 22.9 Å². The molecule has 0 aliphatic heterocycles. The van der Waals surface area contributed by atoms with E-state index >= 15 is 0 Å². The number of aryl methyl sites for hydroxylation is 1. The Balaban J connectivity index is 1.61. The van der Waals surface area contributed by atoms with Crippen molar-refractivity contribution in [2.24, 2.45) is 0 Å². The third-order valence-corrected chi connectivity index (χ3v) is 7.83. The highest BCUT2D eigenvalue weighted by atomic mass is 35.5. The van der Waals surface area contributed by atoms with E-state index in [1.807, 2.05) is 28.8 Å². The van der Waals surface area contributed by atoms with Gasteiger partial charge in [-0.1, -0.05) is 67.4 Å². The van der Waals surface area contributed by atoms with E-state index in [1.165, 1.54) is 11.3 Å². The lowest BCUT2D eigenvalue weighted by atomic mass is 10.1. The van der Waals surface area contributed by atoms with Gasteiger partial charge in [0.2, 0.25) is 0 Å². The number of aliphatic hydroxyl groups excluding tert-OH is 1. The average molecular weight is 543 g/mol. The van der Waals surface area contributed by atoms with Crippen molar-refractivity contribution in [1.82, 2.24) is 9.55 Å². The number of hydrogen-bond acceptors (Lipinski definition) is 6. The van der Waals surface area contributed by atoms with Crippen molar-refractivity contribution < 1.29 is 18.7 Å². The minimum atomic E-state index is -2.79. The summed E-state index contributed by atoms with van der Waals surface area (Å²) in [5, 5.41) is 12.1. The number of imidazole rings is 1. The molecular formula is C26H25ClN3O4S2-. The maximum atomic E-state index is 13.0. The lowest BCUT2D eigenvalue weighted by Gasteiger charge is -2.24. The van der Waals surface area contributed by atoms with Gasteiger partial charge in [-0.15, -0.1) is 11.3 Å². The van der Waals surface area contributed by atoms with Gasteiger partial charge in [0, 0.05) is 17.5 Å². The first kappa shape index (κ1) is 26.2. The lowest BCUT2D eigenvalue weighted by Crippen LogP contribution is -2.32. The topological polar surface area (TPSA) is 98.5 Å². The zero-order valence-corrected chi connectivity index (χ0v) is 22.0. The molecule has 0 saturated heterocycles. The molecule has 4 rings (SSSR count). The fraction of sp³-hybridized carbons (Fsp3) is 0.231. The zero-order chi connectivity index (χ0) is 25.7. The molecule has 1 unspecified atom stereocenters. The van der Waals surface area contributed by atoms with Gasteiger partial charge in [-0.2, -0.15) is 0 Å². The summed E-state index contributed by atoms with van der Waals surface area (Å²) in [5.41, 5.74) is 3.16. The number of thiophene rings is 1. The van der Waals surface area contributed by atoms with Crippen molar-refractivity contribution in [3.05, 3.63) is 93.8 Å². The monoisotopic (exact) mass is 542 g/mol. The van der Waals surface area contributed by atoms with Crippen LogP contribution in [0, 0.1) is 0 Å². The molecule has 1 amide bonds. The predicted molar refractivity (Wildman–Crippen MR) is 143 cm³/mol. The molecule has 0 bridgehead atoms. The molecule has 0 fully saturated rings. The molecule has 36 heavy (non-hydrogen) atoms. The van der Waals surface area contributed by atoms with Crippen molar-refractivity contribution in [3.8, 4) is 11.1 Å². The normalized spacial score (nSPS) is 12.0. The summed E-state index contributed by atoms with van der Waals surface area (Å²) in [7, 11) is 0. The summed E-state index contributed by atoms with van der Waals surface area (Å²) in [6.07, 6.45) is 2.76. The molecule has 0 radical (unpaired) electrons. The molecule has 2 aromatic heterocycles. The van der Waals surface area contributed by atoms with Crippen molar-refractivity contribution in [2.45, 2.75) is 39.3 Å². The van der Waals surface area contributed by atoms with E-state index < -0.39 is 17.2 Å². The fourth-order valence-electron chi connectivity index (χ4n) is 3.89. The Kier molecular flexibility index (Phi) is 8.71. The van der Waals surface area contributed by atoms with E-state index in [0.29, 0.717) is 28.0 Å². The Bertz CT molecular complexity index is 1350. The molecule has 1 atom stereocenters. The van der Waals surface area contributed by atoms with Crippen molar-refractivity contribution in [3.63, 3.8) is 0 Å². The van der Waals surface area contributed by atoms with E-state index in [2.05, 4.69) is 11.9 Å². The lowest BCUT2D eigenvalue weighted by molar-refractivity contribution is 0.101. The number of aliphatic hydroxyl groups is 1. The van der Waals surface area contributed by atoms with Gasteiger partial charge < -0.3 is 14.2 Å². The summed E-state index contributed by atoms with van der Waals surface area (Å²) in [6, 6.07) is 17.8. The first-order valence-electron chi connectivity index (χ1n) is 11.4. The minimum absolute atomic E-state index is 0.218. The standard InChI is InChI=1S/C26H26ClN3O4S2/c1-2-3-9-23-28-22(17-31)24(27)29(23)16-18-10-12-19(13-11-18)21-14-15-35-26(21)30(36(33)34)25(32)20-7-5-4-6-8-20/h4-8,10-15,31H,2-3,9,16-17H2,1H3,(H,33,34)/p-1. The summed E-state index contributed by atoms with van der Waals surface area (Å²) < 4.78 is 26.9. The number of nitrogens with zero attached hydrogens (tertiary/aromatic N) is 3. The Labute approximate surface area is 221 Å². The number of rotatable bonds is 10. The predicted octanol–water partition coefficient (Wildman–Crippen LogP) is 5.59. The Morgan fingerprint density at radius 2 is 1.89 bits per heavy atom. The van der Waals surface area contributed by atoms with Crippen LogP contribution in [0.1, 0.15) is 47.2 Å². The quantitative estimate of drug-likeness (QED) is 0.263. The van der Waals surface area contributed by atoms with Gasteiger partial charge in [-0.25, -0.2) is 9.29 Å². The molecule has 0 aliphatic carbocycles. The van der Waals surface area contributed by atoms with Crippen LogP contribution in [0.5, 0.6) is 0 Å². The number of benzene rings is 2. The summed E-state index contributed by atoms with van der Waals surface area (Å²) in [6.45, 7) is 2.38. The third kappa shape index (κ3) is 5.61. The number of aromatic nitrogens is 2. The first-order chi connectivity index (χ1) is 17.4. The maximum absolute atomic E-state index is 13.0. The number of halogens is 1. The van der Waals surface area contributed by atoms with Crippen molar-refractivity contribution >= 4 is 45.1 Å². The van der Waals surface area contributed by atoms with Gasteiger partial charge in [0.15, 0.2) is 0 Å². The Morgan fingerprint density at radius 1 is 1.17 bits per heavy atom. The summed E-state index contributed by atoms with van der Waals surface area (Å²) >= 11 is 4.88. The van der Waals surface area contributed by atoms with Crippen LogP contribution in [-0.2, 0) is 30.8 Å². The second-order valence-corrected chi connectivity index (χ2v) is 10.2. The van der Waals surface area contributed by atoms with Gasteiger partial charge in [-0.3, -0.25) is 9.00 Å². The van der Waals surface area contributed by atoms with Gasteiger partial charge >= 0.3 is 0 Å². The smallest absolute Gasteiger partial charge is 0.270 e. The van der Waals surface area contributed by atoms with Gasteiger partial charge in [0.1, 0.15) is 21.7 Å². The largest absolute Gasteiger partial charge is 0.755 e. The van der Waals surface area contributed by atoms with E-state index in [1.54, 1.807) is 41.8 Å². The SMILES string of the molecule is CCCCc1nc(CO)c(Cl)n1Cc1ccc(-c2ccsc2N(C(=O)c2ccccc2)S(=O)[O-])cc1. The van der Waals surface area contributed by atoms with Crippen molar-refractivity contribution in [2.75, 3.05) is 4.31 Å². The van der Waals surface area contributed by atoms with Crippen LogP contribution < -0.4 is 4.31 Å². The molecule has 4 aromatic rings. The van der Waals surface area contributed by atoms with Crippen molar-refractivity contribution in [1.29, 1.82) is 0 Å². The molecule has 10 heteroatoms. The average Bonchev–Trinajstić information content (AvgIpc) is 3.48. The highest BCUT2D eigenvalue weighted by Crippen LogP contribution is 2.37. The number of carbonyl (C=O) groups is 1. The molecule has 2 aromatic carbocycles. The molecule has 7 nitrogen and oxygen atoms in total. The van der Waals surface area contributed by atoms with Crippen LogP contribution in [-0.4, -0.2) is 29.3 Å². The number of amides is 1. The number of carbonyl (C=O) groups excluding carboxylic acids is 1. The van der Waals surface area contributed by atoms with E-state index in [9.17, 15) is 18.7 Å². The summed E-state index contributed by atoms with van der Waals surface area (Å²) in [5.74, 6) is 0.224. The number of unbranched alkanes of at least 4 members (excludes halogenated alkanes) is 1. The third-order valence-electron chi connectivity index (χ3n) is 5.74. The Morgan fingerprint density at radius 3 is 2.53 bits per heavy atom. The van der Waals surface area contributed by atoms with Crippen LogP contribution in [0.3, 0.4) is 0 Å². The second-order valence-electron chi connectivity index (χ2n) is 8.13. The second kappa shape index (κ2) is 11.9. The van der Waals surface area contributed by atoms with Crippen LogP contribution in [0.15, 0.2) is 66.0 Å². The van der Waals surface area contributed by atoms with Crippen LogP contribution in [0.25, 0.3) is 11.1 Å². The molecule has 2 heterocycles. The van der Waals surface area contributed by atoms with Gasteiger partial charge in [-0.05, 0) is 41.1 Å². The minimum Gasteiger partial charge on any atom is -0.755 e. The molecule has 0 saturated carbocycles. The van der Waals surface area contributed by atoms with Crippen LogP contribution in [0.4, 0.5) is 5.00 Å². The molecule has 0 aliphatic rings. The highest BCUT2D eigenvalue weighted by Gasteiger charge is 2.23. The summed E-state index contributed by atoms with van der Waals surface area (Å²) in [4.78, 5) is 17.5. The molecular weight excluding hydrogens is 518 g/mol. The van der Waals surface area contributed by atoms with E-state index in [4.69, 9.17) is 11.6 Å². The van der Waals surface area contributed by atoms with E-state index in [0.717, 1.165) is 40.5 Å². The molecule has 188 valence electrons. The van der Waals surface area contributed by atoms with E-state index in [-0.39, 0.29) is 12.2 Å². The molecule has 1 N–H and O–H groups in total. The maximum Gasteiger partial charge on any atom is 0.270 e.